The summed E-state index contributed by atoms with van der Waals surface area (Å²) in [6, 6.07) is 4.01. The predicted octanol–water partition coefficient (Wildman–Crippen LogP) is 1.92. The number of pyridine rings is 1. The highest BCUT2D eigenvalue weighted by Crippen LogP contribution is 2.38. The van der Waals surface area contributed by atoms with E-state index in [0.29, 0.717) is 0 Å². The lowest BCUT2D eigenvalue weighted by atomic mass is 9.73. The molecule has 19 heavy (non-hydrogen) atoms. The third-order valence-electron chi connectivity index (χ3n) is 3.75. The van der Waals surface area contributed by atoms with Crippen LogP contribution in [0, 0.1) is 0 Å². The molecule has 0 aliphatic heterocycles. The van der Waals surface area contributed by atoms with Gasteiger partial charge in [0.1, 0.15) is 11.5 Å². The Kier molecular flexibility index (Phi) is 2.91. The number of rotatable bonds is 3. The van der Waals surface area contributed by atoms with E-state index in [1.54, 1.807) is 12.4 Å². The van der Waals surface area contributed by atoms with Gasteiger partial charge in [-0.1, -0.05) is 6.07 Å². The first-order valence-corrected chi connectivity index (χ1v) is 6.47. The second-order valence-electron chi connectivity index (χ2n) is 4.98. The highest BCUT2D eigenvalue weighted by molar-refractivity contribution is 5.54. The molecule has 1 saturated carbocycles. The van der Waals surface area contributed by atoms with Crippen LogP contribution in [0.2, 0.25) is 0 Å². The minimum absolute atomic E-state index is 0.160. The van der Waals surface area contributed by atoms with Crippen molar-refractivity contribution in [2.75, 3.05) is 12.4 Å². The van der Waals surface area contributed by atoms with Gasteiger partial charge < -0.3 is 11.1 Å². The minimum Gasteiger partial charge on any atom is -0.372 e. The fourth-order valence-corrected chi connectivity index (χ4v) is 2.28. The molecule has 1 aliphatic carbocycles. The number of nitrogens with one attached hydrogen (secondary N) is 1. The van der Waals surface area contributed by atoms with Crippen molar-refractivity contribution in [1.29, 1.82) is 0 Å². The van der Waals surface area contributed by atoms with E-state index in [2.05, 4.69) is 26.3 Å². The van der Waals surface area contributed by atoms with Crippen molar-refractivity contribution in [3.8, 4) is 11.4 Å². The molecule has 0 amide bonds. The molecule has 0 bridgehead atoms. The van der Waals surface area contributed by atoms with E-state index in [4.69, 9.17) is 5.73 Å². The van der Waals surface area contributed by atoms with Gasteiger partial charge in [-0.15, -0.1) is 0 Å². The van der Waals surface area contributed by atoms with Gasteiger partial charge in [0.2, 0.25) is 0 Å². The fourth-order valence-electron chi connectivity index (χ4n) is 2.28. The summed E-state index contributed by atoms with van der Waals surface area (Å²) in [7, 11) is 1.82. The largest absolute Gasteiger partial charge is 0.372 e. The maximum Gasteiger partial charge on any atom is 0.144 e. The van der Waals surface area contributed by atoms with Crippen LogP contribution in [0.25, 0.3) is 11.4 Å². The first-order chi connectivity index (χ1) is 9.21. The number of anilines is 1. The van der Waals surface area contributed by atoms with Crippen molar-refractivity contribution in [2.45, 2.75) is 24.8 Å². The Morgan fingerprint density at radius 2 is 1.84 bits per heavy atom. The lowest BCUT2D eigenvalue weighted by molar-refractivity contribution is 0.253. The summed E-state index contributed by atoms with van der Waals surface area (Å²) in [5, 5.41) is 2.94. The summed E-state index contributed by atoms with van der Waals surface area (Å²) in [4.78, 5) is 13.0. The number of nitrogens with zero attached hydrogens (tertiary/aromatic N) is 3. The van der Waals surface area contributed by atoms with Crippen molar-refractivity contribution < 1.29 is 0 Å². The van der Waals surface area contributed by atoms with E-state index in [1.165, 1.54) is 6.42 Å². The van der Waals surface area contributed by atoms with Crippen LogP contribution in [0.5, 0.6) is 0 Å². The average molecular weight is 255 g/mol. The zero-order valence-corrected chi connectivity index (χ0v) is 10.9. The van der Waals surface area contributed by atoms with Gasteiger partial charge in [0.15, 0.2) is 0 Å². The van der Waals surface area contributed by atoms with Gasteiger partial charge in [-0.25, -0.2) is 9.97 Å². The Bertz CT molecular complexity index is 557. The van der Waals surface area contributed by atoms with Crippen LogP contribution in [-0.2, 0) is 5.54 Å². The van der Waals surface area contributed by atoms with Crippen LogP contribution in [0.1, 0.15) is 24.8 Å². The monoisotopic (exact) mass is 255 g/mol. The molecule has 0 spiro atoms. The molecule has 2 aromatic rings. The summed E-state index contributed by atoms with van der Waals surface area (Å²) in [5.41, 5.74) is 8.82. The molecule has 3 N–H and O–H groups in total. The third kappa shape index (κ3) is 2.17. The topological polar surface area (TPSA) is 76.7 Å². The molecule has 98 valence electrons. The Hall–Kier alpha value is -2.01. The minimum atomic E-state index is -0.160. The van der Waals surface area contributed by atoms with Crippen LogP contribution in [0.15, 0.2) is 30.7 Å². The van der Waals surface area contributed by atoms with E-state index in [0.717, 1.165) is 35.6 Å². The van der Waals surface area contributed by atoms with Crippen LogP contribution < -0.4 is 11.1 Å². The molecule has 5 nitrogen and oxygen atoms in total. The van der Waals surface area contributed by atoms with E-state index >= 15 is 0 Å². The van der Waals surface area contributed by atoms with Crippen molar-refractivity contribution in [3.63, 3.8) is 0 Å². The third-order valence-corrected chi connectivity index (χ3v) is 3.75. The Labute approximate surface area is 112 Å². The van der Waals surface area contributed by atoms with Gasteiger partial charge in [-0.05, 0) is 30.9 Å². The molecular formula is C14H17N5. The van der Waals surface area contributed by atoms with Gasteiger partial charge in [-0.2, -0.15) is 0 Å². The van der Waals surface area contributed by atoms with Gasteiger partial charge in [0, 0.05) is 18.8 Å². The SMILES string of the molecule is CNc1cnc(-c2ccc(C3(N)CCC3)cn2)cn1. The normalized spacial score (nSPS) is 16.7. The molecule has 0 unspecified atom stereocenters. The number of aromatic nitrogens is 3. The molecule has 0 aromatic carbocycles. The molecule has 0 atom stereocenters. The van der Waals surface area contributed by atoms with Crippen molar-refractivity contribution in [2.24, 2.45) is 5.73 Å². The van der Waals surface area contributed by atoms with E-state index in [9.17, 15) is 0 Å². The van der Waals surface area contributed by atoms with Crippen LogP contribution >= 0.6 is 0 Å². The molecule has 2 heterocycles. The number of hydrogen-bond donors (Lipinski definition) is 2. The molecule has 1 fully saturated rings. The second-order valence-corrected chi connectivity index (χ2v) is 4.98. The summed E-state index contributed by atoms with van der Waals surface area (Å²) in [6.45, 7) is 0. The zero-order chi connectivity index (χ0) is 13.3. The first-order valence-electron chi connectivity index (χ1n) is 6.47. The van der Waals surface area contributed by atoms with E-state index < -0.39 is 0 Å². The van der Waals surface area contributed by atoms with Crippen molar-refractivity contribution in [3.05, 3.63) is 36.3 Å². The van der Waals surface area contributed by atoms with Crippen molar-refractivity contribution >= 4 is 5.82 Å². The molecule has 2 aromatic heterocycles. The van der Waals surface area contributed by atoms with Crippen LogP contribution in [0.4, 0.5) is 5.82 Å². The summed E-state index contributed by atoms with van der Waals surface area (Å²) < 4.78 is 0. The van der Waals surface area contributed by atoms with Gasteiger partial charge in [-0.3, -0.25) is 4.98 Å². The quantitative estimate of drug-likeness (QED) is 0.876. The molecule has 0 saturated heterocycles. The highest BCUT2D eigenvalue weighted by atomic mass is 15.0. The standard InChI is InChI=1S/C14H17N5/c1-16-13-9-18-12(8-19-13)11-4-3-10(7-17-11)14(15)5-2-6-14/h3-4,7-9H,2,5-6,15H2,1H3,(H,16,19). The first kappa shape index (κ1) is 12.0. The van der Waals surface area contributed by atoms with Crippen LogP contribution in [-0.4, -0.2) is 22.0 Å². The molecule has 1 aliphatic rings. The van der Waals surface area contributed by atoms with Gasteiger partial charge in [0.25, 0.3) is 0 Å². The Morgan fingerprint density at radius 1 is 1.05 bits per heavy atom. The average Bonchev–Trinajstić information content (AvgIpc) is 2.45. The molecular weight excluding hydrogens is 238 g/mol. The fraction of sp³-hybridized carbons (Fsp3) is 0.357. The highest BCUT2D eigenvalue weighted by Gasteiger charge is 2.34. The Balaban J connectivity index is 1.85. The second kappa shape index (κ2) is 4.59. The summed E-state index contributed by atoms with van der Waals surface area (Å²) in [5.74, 6) is 0.746. The lowest BCUT2D eigenvalue weighted by Crippen LogP contribution is -2.43. The Morgan fingerprint density at radius 3 is 2.32 bits per heavy atom. The van der Waals surface area contributed by atoms with E-state index in [1.807, 2.05) is 19.3 Å². The zero-order valence-electron chi connectivity index (χ0n) is 10.9. The smallest absolute Gasteiger partial charge is 0.144 e. The maximum atomic E-state index is 6.27. The lowest BCUT2D eigenvalue weighted by Gasteiger charge is -2.38. The summed E-state index contributed by atoms with van der Waals surface area (Å²) >= 11 is 0. The molecule has 0 radical (unpaired) electrons. The van der Waals surface area contributed by atoms with E-state index in [-0.39, 0.29) is 5.54 Å². The van der Waals surface area contributed by atoms with Crippen molar-refractivity contribution in [1.82, 2.24) is 15.0 Å². The predicted molar refractivity (Wildman–Crippen MR) is 74.5 cm³/mol. The van der Waals surface area contributed by atoms with Gasteiger partial charge >= 0.3 is 0 Å². The number of nitrogens with two attached hydrogens (primary N) is 1. The molecule has 3 rings (SSSR count). The maximum absolute atomic E-state index is 6.27. The molecule has 5 heteroatoms. The van der Waals surface area contributed by atoms with Gasteiger partial charge in [0.05, 0.1) is 18.1 Å². The summed E-state index contributed by atoms with van der Waals surface area (Å²) in [6.07, 6.45) is 8.57. The number of hydrogen-bond acceptors (Lipinski definition) is 5. The van der Waals surface area contributed by atoms with Crippen LogP contribution in [0.3, 0.4) is 0 Å².